The number of carbonyl (C=O) groups is 1. The predicted octanol–water partition coefficient (Wildman–Crippen LogP) is 3.70. The Morgan fingerprint density at radius 2 is 1.46 bits per heavy atom. The van der Waals surface area contributed by atoms with E-state index in [0.29, 0.717) is 0 Å². The van der Waals surface area contributed by atoms with Crippen molar-refractivity contribution in [1.82, 2.24) is 5.32 Å². The highest BCUT2D eigenvalue weighted by molar-refractivity contribution is 5.68. The summed E-state index contributed by atoms with van der Waals surface area (Å²) in [5, 5.41) is 12.7. The maximum Gasteiger partial charge on any atom is 0.407 e. The van der Waals surface area contributed by atoms with Crippen molar-refractivity contribution in [2.24, 2.45) is 0 Å². The molecule has 4 heteroatoms. The van der Waals surface area contributed by atoms with Gasteiger partial charge in [-0.2, -0.15) is 0 Å². The summed E-state index contributed by atoms with van der Waals surface area (Å²) in [5.41, 5.74) is 1.47. The molecular formula is C20H25NO3. The summed E-state index contributed by atoms with van der Waals surface area (Å²) in [6.45, 7) is 5.25. The highest BCUT2D eigenvalue weighted by Gasteiger charge is 2.27. The van der Waals surface area contributed by atoms with E-state index in [1.54, 1.807) is 0 Å². The van der Waals surface area contributed by atoms with Gasteiger partial charge in [-0.15, -0.1) is 0 Å². The van der Waals surface area contributed by atoms with Crippen LogP contribution in [0.1, 0.15) is 37.8 Å². The summed E-state index contributed by atoms with van der Waals surface area (Å²) in [6.07, 6.45) is -0.529. The average molecular weight is 327 g/mol. The van der Waals surface area contributed by atoms with Gasteiger partial charge in [0.1, 0.15) is 5.60 Å². The fourth-order valence-electron chi connectivity index (χ4n) is 2.67. The third-order valence-electron chi connectivity index (χ3n) is 3.62. The minimum atomic E-state index is -0.584. The Balaban J connectivity index is 2.29. The number of benzene rings is 2. The summed E-state index contributed by atoms with van der Waals surface area (Å²) in [4.78, 5) is 12.2. The average Bonchev–Trinajstić information content (AvgIpc) is 2.54. The molecule has 0 saturated carbocycles. The van der Waals surface area contributed by atoms with Crippen molar-refractivity contribution in [2.45, 2.75) is 38.3 Å². The fraction of sp³-hybridized carbons (Fsp3) is 0.350. The van der Waals surface area contributed by atoms with Gasteiger partial charge < -0.3 is 15.2 Å². The lowest BCUT2D eigenvalue weighted by Crippen LogP contribution is -2.44. The Morgan fingerprint density at radius 1 is 1.00 bits per heavy atom. The van der Waals surface area contributed by atoms with E-state index >= 15 is 0 Å². The lowest BCUT2D eigenvalue weighted by atomic mass is 9.85. The molecule has 0 spiro atoms. The highest BCUT2D eigenvalue weighted by Crippen LogP contribution is 2.28. The molecule has 1 unspecified atom stereocenters. The number of ether oxygens (including phenoxy) is 1. The van der Waals surface area contributed by atoms with E-state index in [2.05, 4.69) is 5.32 Å². The molecule has 1 amide bonds. The van der Waals surface area contributed by atoms with Gasteiger partial charge in [-0.1, -0.05) is 60.7 Å². The number of amides is 1. The van der Waals surface area contributed by atoms with Crippen molar-refractivity contribution in [3.63, 3.8) is 0 Å². The van der Waals surface area contributed by atoms with Crippen molar-refractivity contribution in [2.75, 3.05) is 6.61 Å². The molecule has 2 aromatic carbocycles. The molecule has 0 bridgehead atoms. The van der Waals surface area contributed by atoms with E-state index in [4.69, 9.17) is 4.74 Å². The molecule has 0 saturated heterocycles. The molecule has 0 aromatic heterocycles. The van der Waals surface area contributed by atoms with Crippen LogP contribution in [-0.4, -0.2) is 29.4 Å². The molecule has 0 aliphatic carbocycles. The van der Waals surface area contributed by atoms with Crippen LogP contribution in [0.2, 0.25) is 0 Å². The number of aliphatic hydroxyl groups is 1. The number of hydrogen-bond donors (Lipinski definition) is 2. The SMILES string of the molecule is CC(C)(C)OC(=O)NC(CO)C(c1ccccc1)c1ccccc1. The molecule has 0 radical (unpaired) electrons. The molecule has 24 heavy (non-hydrogen) atoms. The van der Waals surface area contributed by atoms with Gasteiger partial charge in [0, 0.05) is 5.92 Å². The Labute approximate surface area is 143 Å². The normalized spacial score (nSPS) is 12.7. The Hall–Kier alpha value is -2.33. The van der Waals surface area contributed by atoms with Gasteiger partial charge in [0.15, 0.2) is 0 Å². The molecule has 1 atom stereocenters. The Bertz CT molecular complexity index is 595. The van der Waals surface area contributed by atoms with Gasteiger partial charge in [-0.3, -0.25) is 0 Å². The molecule has 0 aliphatic rings. The number of alkyl carbamates (subject to hydrolysis) is 1. The molecule has 0 fully saturated rings. The molecule has 2 aromatic rings. The van der Waals surface area contributed by atoms with E-state index in [1.165, 1.54) is 0 Å². The maximum absolute atomic E-state index is 12.2. The quantitative estimate of drug-likeness (QED) is 0.880. The topological polar surface area (TPSA) is 58.6 Å². The molecule has 4 nitrogen and oxygen atoms in total. The zero-order valence-electron chi connectivity index (χ0n) is 14.4. The Kier molecular flexibility index (Phi) is 5.99. The minimum Gasteiger partial charge on any atom is -0.444 e. The first-order chi connectivity index (χ1) is 11.4. The van der Waals surface area contributed by atoms with Gasteiger partial charge in [-0.25, -0.2) is 4.79 Å². The predicted molar refractivity (Wildman–Crippen MR) is 95.0 cm³/mol. The molecular weight excluding hydrogens is 302 g/mol. The van der Waals surface area contributed by atoms with Gasteiger partial charge in [0.2, 0.25) is 0 Å². The monoisotopic (exact) mass is 327 g/mol. The van der Waals surface area contributed by atoms with Crippen molar-refractivity contribution >= 4 is 6.09 Å². The van der Waals surface area contributed by atoms with Crippen molar-refractivity contribution < 1.29 is 14.6 Å². The van der Waals surface area contributed by atoms with Crippen LogP contribution in [-0.2, 0) is 4.74 Å². The molecule has 2 rings (SSSR count). The third-order valence-corrected chi connectivity index (χ3v) is 3.62. The van der Waals surface area contributed by atoms with E-state index in [0.717, 1.165) is 11.1 Å². The van der Waals surface area contributed by atoms with Crippen molar-refractivity contribution in [3.05, 3.63) is 71.8 Å². The lowest BCUT2D eigenvalue weighted by molar-refractivity contribution is 0.0476. The first-order valence-corrected chi connectivity index (χ1v) is 8.11. The lowest BCUT2D eigenvalue weighted by Gasteiger charge is -2.29. The highest BCUT2D eigenvalue weighted by atomic mass is 16.6. The minimum absolute atomic E-state index is 0.162. The molecule has 2 N–H and O–H groups in total. The summed E-state index contributed by atoms with van der Waals surface area (Å²) >= 11 is 0. The van der Waals surface area contributed by atoms with Crippen LogP contribution in [0, 0.1) is 0 Å². The number of rotatable bonds is 5. The van der Waals surface area contributed by atoms with Gasteiger partial charge >= 0.3 is 6.09 Å². The zero-order chi connectivity index (χ0) is 17.6. The first kappa shape index (κ1) is 18.0. The van der Waals surface area contributed by atoms with Crippen LogP contribution in [0.4, 0.5) is 4.79 Å². The summed E-state index contributed by atoms with van der Waals surface area (Å²) in [6, 6.07) is 19.2. The van der Waals surface area contributed by atoms with Crippen LogP contribution in [0.25, 0.3) is 0 Å². The summed E-state index contributed by atoms with van der Waals surface area (Å²) in [5.74, 6) is -0.162. The van der Waals surface area contributed by atoms with Gasteiger partial charge in [0.05, 0.1) is 12.6 Å². The number of aliphatic hydroxyl groups excluding tert-OH is 1. The van der Waals surface area contributed by atoms with E-state index < -0.39 is 17.7 Å². The summed E-state index contributed by atoms with van der Waals surface area (Å²) in [7, 11) is 0. The fourth-order valence-corrected chi connectivity index (χ4v) is 2.67. The maximum atomic E-state index is 12.2. The van der Waals surface area contributed by atoms with Crippen molar-refractivity contribution in [3.8, 4) is 0 Å². The van der Waals surface area contributed by atoms with Crippen LogP contribution in [0.3, 0.4) is 0 Å². The van der Waals surface area contributed by atoms with Gasteiger partial charge in [-0.05, 0) is 31.9 Å². The molecule has 128 valence electrons. The molecule has 0 aliphatic heterocycles. The first-order valence-electron chi connectivity index (χ1n) is 8.11. The van der Waals surface area contributed by atoms with Gasteiger partial charge in [0.25, 0.3) is 0 Å². The second kappa shape index (κ2) is 7.97. The van der Waals surface area contributed by atoms with Crippen molar-refractivity contribution in [1.29, 1.82) is 0 Å². The van der Waals surface area contributed by atoms with Crippen LogP contribution in [0.5, 0.6) is 0 Å². The van der Waals surface area contributed by atoms with Crippen LogP contribution < -0.4 is 5.32 Å². The third kappa shape index (κ3) is 5.10. The largest absolute Gasteiger partial charge is 0.444 e. The number of nitrogens with one attached hydrogen (secondary N) is 1. The second-order valence-electron chi connectivity index (χ2n) is 6.73. The number of carbonyl (C=O) groups excluding carboxylic acids is 1. The zero-order valence-corrected chi connectivity index (χ0v) is 14.4. The van der Waals surface area contributed by atoms with Crippen LogP contribution in [0.15, 0.2) is 60.7 Å². The molecule has 0 heterocycles. The summed E-state index contributed by atoms with van der Waals surface area (Å²) < 4.78 is 5.33. The smallest absolute Gasteiger partial charge is 0.407 e. The Morgan fingerprint density at radius 3 is 1.83 bits per heavy atom. The van der Waals surface area contributed by atoms with Crippen LogP contribution >= 0.6 is 0 Å². The van der Waals surface area contributed by atoms with E-state index in [-0.39, 0.29) is 12.5 Å². The van der Waals surface area contributed by atoms with E-state index in [9.17, 15) is 9.90 Å². The van der Waals surface area contributed by atoms with E-state index in [1.807, 2.05) is 81.4 Å². The second-order valence-corrected chi connectivity index (χ2v) is 6.73. The number of hydrogen-bond acceptors (Lipinski definition) is 3. The standard InChI is InChI=1S/C20H25NO3/c1-20(2,3)24-19(23)21-17(14-22)18(15-10-6-4-7-11-15)16-12-8-5-9-13-16/h4-13,17-18,22H,14H2,1-3H3,(H,21,23).